The first-order chi connectivity index (χ1) is 13.7. The van der Waals surface area contributed by atoms with Crippen molar-refractivity contribution in [2.45, 2.75) is 52.4 Å². The van der Waals surface area contributed by atoms with Crippen LogP contribution >= 0.6 is 0 Å². The van der Waals surface area contributed by atoms with Gasteiger partial charge in [0.25, 0.3) is 0 Å². The van der Waals surface area contributed by atoms with Crippen molar-refractivity contribution in [1.82, 2.24) is 14.9 Å². The van der Waals surface area contributed by atoms with E-state index in [1.165, 1.54) is 0 Å². The number of hydrogen-bond acceptors (Lipinski definition) is 6. The van der Waals surface area contributed by atoms with Crippen molar-refractivity contribution < 1.29 is 23.1 Å². The summed E-state index contributed by atoms with van der Waals surface area (Å²) in [4.78, 5) is 12.8. The lowest BCUT2D eigenvalue weighted by Gasteiger charge is -2.18. The molecule has 1 unspecified atom stereocenters. The Kier molecular flexibility index (Phi) is 8.88. The van der Waals surface area contributed by atoms with E-state index in [0.29, 0.717) is 38.3 Å². The summed E-state index contributed by atoms with van der Waals surface area (Å²) in [7, 11) is -3.41. The number of amides is 1. The maximum Gasteiger partial charge on any atom is 0.237 e. The summed E-state index contributed by atoms with van der Waals surface area (Å²) in [6.45, 7) is 7.31. The highest BCUT2D eigenvalue weighted by Crippen LogP contribution is 2.20. The Hall–Kier alpha value is -1.68. The Morgan fingerprint density at radius 2 is 2.03 bits per heavy atom. The maximum atomic E-state index is 12.4. The second-order valence-electron chi connectivity index (χ2n) is 7.91. The van der Waals surface area contributed by atoms with Crippen LogP contribution in [0.1, 0.15) is 51.6 Å². The average Bonchev–Trinajstić information content (AvgIpc) is 2.96. The molecule has 1 aromatic rings. The molecule has 1 aliphatic heterocycles. The van der Waals surface area contributed by atoms with Crippen molar-refractivity contribution in [1.29, 1.82) is 0 Å². The lowest BCUT2D eigenvalue weighted by atomic mass is 10.1. The van der Waals surface area contributed by atoms with Crippen LogP contribution in [0.15, 0.2) is 24.3 Å². The minimum absolute atomic E-state index is 0.0423. The van der Waals surface area contributed by atoms with Gasteiger partial charge < -0.3 is 15.2 Å². The third-order valence-corrected chi connectivity index (χ3v) is 6.18. The molecule has 2 atom stereocenters. The molecule has 1 saturated heterocycles. The predicted octanol–water partition coefficient (Wildman–Crippen LogP) is 1.58. The zero-order valence-corrected chi connectivity index (χ0v) is 18.2. The third kappa shape index (κ3) is 8.30. The molecule has 0 spiro atoms. The van der Waals surface area contributed by atoms with E-state index in [9.17, 15) is 18.3 Å². The molecule has 1 heterocycles. The number of hydrogen-bond donors (Lipinski definition) is 3. The Morgan fingerprint density at radius 3 is 2.69 bits per heavy atom. The first-order valence-electron chi connectivity index (χ1n) is 10.1. The Labute approximate surface area is 173 Å². The number of rotatable bonds is 12. The second kappa shape index (κ2) is 10.9. The van der Waals surface area contributed by atoms with E-state index in [4.69, 9.17) is 4.74 Å². The Morgan fingerprint density at radius 1 is 1.28 bits per heavy atom. The molecule has 1 aromatic carbocycles. The Balaban J connectivity index is 1.74. The molecular formula is C20H33N3O5S. The lowest BCUT2D eigenvalue weighted by Crippen LogP contribution is -2.36. The molecule has 0 aromatic heterocycles. The minimum atomic E-state index is -3.41. The van der Waals surface area contributed by atoms with E-state index >= 15 is 0 Å². The number of carbonyl (C=O) groups is 1. The summed E-state index contributed by atoms with van der Waals surface area (Å²) in [6.07, 6.45) is 0.997. The first kappa shape index (κ1) is 23.6. The molecule has 29 heavy (non-hydrogen) atoms. The monoisotopic (exact) mass is 427 g/mol. The zero-order valence-electron chi connectivity index (χ0n) is 17.4. The topological polar surface area (TPSA) is 108 Å². The van der Waals surface area contributed by atoms with Crippen molar-refractivity contribution in [2.75, 3.05) is 25.4 Å². The average molecular weight is 428 g/mol. The van der Waals surface area contributed by atoms with E-state index < -0.39 is 16.4 Å². The van der Waals surface area contributed by atoms with Gasteiger partial charge >= 0.3 is 0 Å². The zero-order chi connectivity index (χ0) is 21.4. The molecular weight excluding hydrogens is 394 g/mol. The Bertz CT molecular complexity index is 769. The van der Waals surface area contributed by atoms with E-state index in [0.717, 1.165) is 11.3 Å². The molecule has 164 valence electrons. The highest BCUT2D eigenvalue weighted by atomic mass is 32.2. The molecule has 8 nitrogen and oxygen atoms in total. The van der Waals surface area contributed by atoms with Gasteiger partial charge in [-0.15, -0.1) is 0 Å². The number of aliphatic hydroxyl groups excluding tert-OH is 1. The minimum Gasteiger partial charge on any atom is -0.493 e. The van der Waals surface area contributed by atoms with Gasteiger partial charge in [0.05, 0.1) is 18.9 Å². The fourth-order valence-electron chi connectivity index (χ4n) is 3.07. The largest absolute Gasteiger partial charge is 0.493 e. The molecule has 9 heteroatoms. The molecule has 2 rings (SSSR count). The van der Waals surface area contributed by atoms with Gasteiger partial charge in [-0.05, 0) is 43.4 Å². The second-order valence-corrected chi connectivity index (χ2v) is 9.78. The standard InChI is InChI=1S/C20H33N3O5S/c1-15(2)14-28-18-9-7-8-17(12-18)16(3)22-29(26,27)11-6-4-5-10-23-13-19(24)21-20(23)25/h7-9,12,15-16,20,22,25H,4-6,10-11,13-14H2,1-3H3,(H,21,24)/t16-,20?/m1/s1. The molecule has 0 bridgehead atoms. The van der Waals surface area contributed by atoms with Crippen LogP contribution in [0, 0.1) is 5.92 Å². The molecule has 3 N–H and O–H groups in total. The molecule has 1 aliphatic rings. The summed E-state index contributed by atoms with van der Waals surface area (Å²) >= 11 is 0. The van der Waals surface area contributed by atoms with E-state index in [1.807, 2.05) is 31.2 Å². The summed E-state index contributed by atoms with van der Waals surface area (Å²) < 4.78 is 33.2. The number of ether oxygens (including phenoxy) is 1. The van der Waals surface area contributed by atoms with Gasteiger partial charge in [-0.3, -0.25) is 9.69 Å². The van der Waals surface area contributed by atoms with Gasteiger partial charge in [-0.25, -0.2) is 13.1 Å². The van der Waals surface area contributed by atoms with E-state index in [2.05, 4.69) is 23.9 Å². The van der Waals surface area contributed by atoms with Gasteiger partial charge in [-0.2, -0.15) is 0 Å². The van der Waals surface area contributed by atoms with Crippen molar-refractivity contribution in [3.8, 4) is 5.75 Å². The number of sulfonamides is 1. The van der Waals surface area contributed by atoms with Crippen molar-refractivity contribution in [2.24, 2.45) is 5.92 Å². The predicted molar refractivity (Wildman–Crippen MR) is 112 cm³/mol. The van der Waals surface area contributed by atoms with Crippen LogP contribution < -0.4 is 14.8 Å². The van der Waals surface area contributed by atoms with Crippen LogP contribution in [0.5, 0.6) is 5.75 Å². The highest BCUT2D eigenvalue weighted by Gasteiger charge is 2.26. The van der Waals surface area contributed by atoms with Gasteiger partial charge in [0.2, 0.25) is 15.9 Å². The summed E-state index contributed by atoms with van der Waals surface area (Å²) in [5.41, 5.74) is 0.856. The summed E-state index contributed by atoms with van der Waals surface area (Å²) in [5.74, 6) is 0.997. The van der Waals surface area contributed by atoms with Gasteiger partial charge in [0, 0.05) is 12.6 Å². The number of carbonyl (C=O) groups excluding carboxylic acids is 1. The summed E-state index contributed by atoms with van der Waals surface area (Å²) in [6, 6.07) is 7.13. The summed E-state index contributed by atoms with van der Waals surface area (Å²) in [5, 5.41) is 12.0. The smallest absolute Gasteiger partial charge is 0.237 e. The van der Waals surface area contributed by atoms with Gasteiger partial charge in [0.1, 0.15) is 5.75 Å². The van der Waals surface area contributed by atoms with E-state index in [-0.39, 0.29) is 24.2 Å². The van der Waals surface area contributed by atoms with Crippen molar-refractivity contribution in [3.05, 3.63) is 29.8 Å². The van der Waals surface area contributed by atoms with Crippen LogP contribution in [-0.4, -0.2) is 56.1 Å². The molecule has 0 radical (unpaired) electrons. The van der Waals surface area contributed by atoms with Crippen LogP contribution in [-0.2, 0) is 14.8 Å². The third-order valence-electron chi connectivity index (χ3n) is 4.64. The molecule has 0 aliphatic carbocycles. The maximum absolute atomic E-state index is 12.4. The number of unbranched alkanes of at least 4 members (excludes halogenated alkanes) is 2. The fourth-order valence-corrected chi connectivity index (χ4v) is 4.45. The normalized spacial score (nSPS) is 18.8. The van der Waals surface area contributed by atoms with Gasteiger partial charge in [0.15, 0.2) is 6.35 Å². The number of nitrogens with one attached hydrogen (secondary N) is 2. The fraction of sp³-hybridized carbons (Fsp3) is 0.650. The van der Waals surface area contributed by atoms with Crippen molar-refractivity contribution >= 4 is 15.9 Å². The number of benzene rings is 1. The highest BCUT2D eigenvalue weighted by molar-refractivity contribution is 7.89. The molecule has 1 fully saturated rings. The molecule has 0 saturated carbocycles. The lowest BCUT2D eigenvalue weighted by molar-refractivity contribution is -0.119. The molecule has 1 amide bonds. The quantitative estimate of drug-likeness (QED) is 0.437. The van der Waals surface area contributed by atoms with Crippen LogP contribution in [0.25, 0.3) is 0 Å². The van der Waals surface area contributed by atoms with Crippen molar-refractivity contribution in [3.63, 3.8) is 0 Å². The number of aliphatic hydroxyl groups is 1. The van der Waals surface area contributed by atoms with Crippen LogP contribution in [0.2, 0.25) is 0 Å². The first-order valence-corrected chi connectivity index (χ1v) is 11.8. The van der Waals surface area contributed by atoms with Crippen LogP contribution in [0.4, 0.5) is 0 Å². The van der Waals surface area contributed by atoms with Crippen LogP contribution in [0.3, 0.4) is 0 Å². The van der Waals surface area contributed by atoms with Gasteiger partial charge in [-0.1, -0.05) is 32.4 Å². The SMILES string of the molecule is CC(C)COc1cccc([C@@H](C)NS(=O)(=O)CCCCCN2CC(=O)NC2O)c1. The number of nitrogens with zero attached hydrogens (tertiary/aromatic N) is 1. The van der Waals surface area contributed by atoms with E-state index in [1.54, 1.807) is 4.90 Å².